The molecule has 0 saturated carbocycles. The molecule has 2 aromatic carbocycles. The maximum Gasteiger partial charge on any atom is 0.262 e. The number of hydrogen-bond donors (Lipinski definition) is 1. The molecule has 0 radical (unpaired) electrons. The highest BCUT2D eigenvalue weighted by Crippen LogP contribution is 2.36. The van der Waals surface area contributed by atoms with Crippen LogP contribution in [0.2, 0.25) is 0 Å². The van der Waals surface area contributed by atoms with E-state index in [1.54, 1.807) is 43.7 Å². The third-order valence-corrected chi connectivity index (χ3v) is 8.48. The van der Waals surface area contributed by atoms with Gasteiger partial charge in [-0.3, -0.25) is 24.0 Å². The summed E-state index contributed by atoms with van der Waals surface area (Å²) < 4.78 is 22.1. The minimum Gasteiger partial charge on any atom is -0.484 e. The van der Waals surface area contributed by atoms with E-state index in [2.05, 4.69) is 14.9 Å². The summed E-state index contributed by atoms with van der Waals surface area (Å²) in [7, 11) is 0. The number of ether oxygens (including phenoxy) is 1. The van der Waals surface area contributed by atoms with Crippen LogP contribution in [0.15, 0.2) is 79.3 Å². The van der Waals surface area contributed by atoms with E-state index in [4.69, 9.17) is 10.5 Å². The standard InChI is InChI=1S/C31H29FN6O3S/c1-20(23-9-5-6-10-24(23)32)41-27-16-28(42-29(27)30(33)39)38-19-35-25-15-22(34-17-26(25)38)18-36-11-13-37(14-12-36)31(40)21-7-3-2-4-8-21/h2-10,15-17,19-20H,11-14,18H2,1H3,(H2,33,39). The van der Waals surface area contributed by atoms with Crippen LogP contribution in [0.1, 0.15) is 44.3 Å². The van der Waals surface area contributed by atoms with E-state index in [1.807, 2.05) is 45.9 Å². The average molecular weight is 585 g/mol. The minimum absolute atomic E-state index is 0.0589. The molecule has 214 valence electrons. The lowest BCUT2D eigenvalue weighted by molar-refractivity contribution is 0.0627. The van der Waals surface area contributed by atoms with Crippen molar-refractivity contribution in [2.24, 2.45) is 5.73 Å². The molecule has 2 N–H and O–H groups in total. The van der Waals surface area contributed by atoms with Gasteiger partial charge < -0.3 is 15.4 Å². The first-order valence-corrected chi connectivity index (χ1v) is 14.4. The summed E-state index contributed by atoms with van der Waals surface area (Å²) in [6.07, 6.45) is 2.80. The highest BCUT2D eigenvalue weighted by molar-refractivity contribution is 7.16. The Morgan fingerprint density at radius 2 is 1.76 bits per heavy atom. The second-order valence-electron chi connectivity index (χ2n) is 10.1. The number of piperazine rings is 1. The van der Waals surface area contributed by atoms with Gasteiger partial charge in [0.15, 0.2) is 0 Å². The third-order valence-electron chi connectivity index (χ3n) is 7.35. The lowest BCUT2D eigenvalue weighted by atomic mass is 10.1. The molecule has 0 spiro atoms. The van der Waals surface area contributed by atoms with Gasteiger partial charge in [-0.1, -0.05) is 36.4 Å². The van der Waals surface area contributed by atoms with Gasteiger partial charge in [0.05, 0.1) is 22.9 Å². The fourth-order valence-electron chi connectivity index (χ4n) is 5.11. The van der Waals surface area contributed by atoms with Gasteiger partial charge in [0.2, 0.25) is 0 Å². The molecular weight excluding hydrogens is 555 g/mol. The predicted octanol–water partition coefficient (Wildman–Crippen LogP) is 4.82. The Morgan fingerprint density at radius 1 is 1.02 bits per heavy atom. The molecule has 9 nitrogen and oxygen atoms in total. The average Bonchev–Trinajstić information content (AvgIpc) is 3.62. The van der Waals surface area contributed by atoms with Crippen molar-refractivity contribution < 1.29 is 18.7 Å². The van der Waals surface area contributed by atoms with Crippen LogP contribution in [0, 0.1) is 5.82 Å². The van der Waals surface area contributed by atoms with Gasteiger partial charge >= 0.3 is 0 Å². The quantitative estimate of drug-likeness (QED) is 0.280. The van der Waals surface area contributed by atoms with Crippen molar-refractivity contribution in [2.45, 2.75) is 19.6 Å². The number of carbonyl (C=O) groups excluding carboxylic acids is 2. The molecule has 3 aromatic heterocycles. The normalized spacial score (nSPS) is 14.7. The van der Waals surface area contributed by atoms with Crippen molar-refractivity contribution in [3.63, 3.8) is 0 Å². The number of hydrogen-bond acceptors (Lipinski definition) is 7. The van der Waals surface area contributed by atoms with E-state index in [9.17, 15) is 14.0 Å². The topological polar surface area (TPSA) is 107 Å². The van der Waals surface area contributed by atoms with E-state index < -0.39 is 12.0 Å². The van der Waals surface area contributed by atoms with Crippen molar-refractivity contribution in [1.82, 2.24) is 24.3 Å². The zero-order chi connectivity index (χ0) is 29.2. The zero-order valence-corrected chi connectivity index (χ0v) is 23.8. The molecule has 6 rings (SSSR count). The summed E-state index contributed by atoms with van der Waals surface area (Å²) in [5.41, 5.74) is 9.15. The molecular formula is C31H29FN6O3S. The number of amides is 2. The number of thiophene rings is 1. The van der Waals surface area contributed by atoms with E-state index >= 15 is 0 Å². The number of benzene rings is 2. The highest BCUT2D eigenvalue weighted by atomic mass is 32.1. The van der Waals surface area contributed by atoms with Gasteiger partial charge in [-0.2, -0.15) is 0 Å². The number of halogens is 1. The Labute approximate surface area is 246 Å². The van der Waals surface area contributed by atoms with Crippen LogP contribution < -0.4 is 10.5 Å². The molecule has 2 amide bonds. The van der Waals surface area contributed by atoms with Crippen LogP contribution in [0.25, 0.3) is 16.0 Å². The Balaban J connectivity index is 1.15. The van der Waals surface area contributed by atoms with Crippen LogP contribution in [0.5, 0.6) is 5.75 Å². The molecule has 4 heterocycles. The summed E-state index contributed by atoms with van der Waals surface area (Å²) in [6, 6.07) is 19.4. The molecule has 1 aliphatic rings. The number of aromatic nitrogens is 3. The molecule has 1 atom stereocenters. The van der Waals surface area contributed by atoms with Crippen molar-refractivity contribution in [2.75, 3.05) is 26.2 Å². The number of nitrogens with two attached hydrogens (primary N) is 1. The van der Waals surface area contributed by atoms with Gasteiger partial charge in [0.25, 0.3) is 11.8 Å². The van der Waals surface area contributed by atoms with Crippen molar-refractivity contribution >= 4 is 34.2 Å². The largest absolute Gasteiger partial charge is 0.484 e. The Bertz CT molecular complexity index is 1750. The van der Waals surface area contributed by atoms with Crippen LogP contribution in [-0.2, 0) is 6.54 Å². The van der Waals surface area contributed by atoms with Crippen molar-refractivity contribution in [1.29, 1.82) is 0 Å². The lowest BCUT2D eigenvalue weighted by Gasteiger charge is -2.34. The maximum absolute atomic E-state index is 14.3. The van der Waals surface area contributed by atoms with Crippen LogP contribution in [0.3, 0.4) is 0 Å². The second kappa shape index (κ2) is 11.7. The summed E-state index contributed by atoms with van der Waals surface area (Å²) in [5, 5.41) is 0.677. The number of nitrogens with zero attached hydrogens (tertiary/aromatic N) is 5. The van der Waals surface area contributed by atoms with Crippen LogP contribution >= 0.6 is 11.3 Å². The fraction of sp³-hybridized carbons (Fsp3) is 0.226. The SMILES string of the molecule is CC(Oc1cc(-n2cnc3cc(CN4CCN(C(=O)c5ccccc5)CC4)ncc32)sc1C(N)=O)c1ccccc1F. The van der Waals surface area contributed by atoms with E-state index in [1.165, 1.54) is 17.4 Å². The number of primary amides is 1. The Kier molecular flexibility index (Phi) is 7.68. The Hall–Kier alpha value is -4.61. The first-order valence-electron chi connectivity index (χ1n) is 13.6. The number of rotatable bonds is 8. The predicted molar refractivity (Wildman–Crippen MR) is 158 cm³/mol. The molecule has 1 aliphatic heterocycles. The molecule has 11 heteroatoms. The van der Waals surface area contributed by atoms with Crippen LogP contribution in [0.4, 0.5) is 4.39 Å². The monoisotopic (exact) mass is 584 g/mol. The Morgan fingerprint density at radius 3 is 2.50 bits per heavy atom. The molecule has 0 aliphatic carbocycles. The first kappa shape index (κ1) is 27.6. The number of carbonyl (C=O) groups is 2. The van der Waals surface area contributed by atoms with Crippen molar-refractivity contribution in [3.8, 4) is 10.8 Å². The second-order valence-corrected chi connectivity index (χ2v) is 11.2. The molecule has 1 saturated heterocycles. The molecule has 5 aromatic rings. The van der Waals surface area contributed by atoms with Crippen LogP contribution in [-0.4, -0.2) is 62.3 Å². The molecule has 0 bridgehead atoms. The smallest absolute Gasteiger partial charge is 0.262 e. The highest BCUT2D eigenvalue weighted by Gasteiger charge is 2.24. The summed E-state index contributed by atoms with van der Waals surface area (Å²) in [6.45, 7) is 5.19. The summed E-state index contributed by atoms with van der Waals surface area (Å²) >= 11 is 1.18. The third kappa shape index (κ3) is 5.61. The maximum atomic E-state index is 14.3. The molecule has 42 heavy (non-hydrogen) atoms. The van der Waals surface area contributed by atoms with E-state index in [-0.39, 0.29) is 22.4 Å². The summed E-state index contributed by atoms with van der Waals surface area (Å²) in [4.78, 5) is 38.6. The van der Waals surface area contributed by atoms with Gasteiger partial charge in [-0.05, 0) is 31.2 Å². The van der Waals surface area contributed by atoms with Gasteiger partial charge in [0, 0.05) is 49.9 Å². The minimum atomic E-state index is -0.631. The number of imidazole rings is 1. The summed E-state index contributed by atoms with van der Waals surface area (Å²) in [5.74, 6) is -0.665. The lowest BCUT2D eigenvalue weighted by Crippen LogP contribution is -2.48. The van der Waals surface area contributed by atoms with Gasteiger partial charge in [-0.15, -0.1) is 11.3 Å². The van der Waals surface area contributed by atoms with E-state index in [0.717, 1.165) is 29.8 Å². The fourth-order valence-corrected chi connectivity index (χ4v) is 6.04. The number of fused-ring (bicyclic) bond motifs is 1. The molecule has 1 unspecified atom stereocenters. The van der Waals surface area contributed by atoms with E-state index in [0.29, 0.717) is 35.8 Å². The first-order chi connectivity index (χ1) is 20.4. The van der Waals surface area contributed by atoms with Crippen molar-refractivity contribution in [3.05, 3.63) is 107 Å². The zero-order valence-electron chi connectivity index (χ0n) is 22.9. The van der Waals surface area contributed by atoms with Gasteiger partial charge in [-0.25, -0.2) is 9.37 Å². The number of pyridine rings is 1. The van der Waals surface area contributed by atoms with Gasteiger partial charge in [0.1, 0.15) is 33.9 Å². The molecule has 1 fully saturated rings.